The van der Waals surface area contributed by atoms with E-state index in [1.165, 1.54) is 0 Å². The molecule has 2 heteroatoms. The highest BCUT2D eigenvalue weighted by Gasteiger charge is 2.14. The van der Waals surface area contributed by atoms with Gasteiger partial charge in [0.1, 0.15) is 11.5 Å². The Morgan fingerprint density at radius 2 is 1.61 bits per heavy atom. The quantitative estimate of drug-likeness (QED) is 0.843. The van der Waals surface area contributed by atoms with Gasteiger partial charge in [-0.05, 0) is 24.0 Å². The van der Waals surface area contributed by atoms with Gasteiger partial charge in [-0.25, -0.2) is 0 Å². The average molecular weight is 242 g/mol. The van der Waals surface area contributed by atoms with Gasteiger partial charge in [0.2, 0.25) is 0 Å². The van der Waals surface area contributed by atoms with E-state index >= 15 is 0 Å². The summed E-state index contributed by atoms with van der Waals surface area (Å²) in [5, 5.41) is 20.2. The molecule has 2 aromatic carbocycles. The molecule has 0 aliphatic carbocycles. The van der Waals surface area contributed by atoms with Gasteiger partial charge in [-0.2, -0.15) is 0 Å². The molecule has 2 rings (SSSR count). The predicted molar refractivity (Wildman–Crippen MR) is 73.9 cm³/mol. The van der Waals surface area contributed by atoms with Crippen molar-refractivity contribution in [2.45, 2.75) is 26.2 Å². The minimum Gasteiger partial charge on any atom is -0.507 e. The van der Waals surface area contributed by atoms with Crippen LogP contribution in [0, 0.1) is 0 Å². The molecule has 0 heterocycles. The fraction of sp³-hybridized carbons (Fsp3) is 0.250. The summed E-state index contributed by atoms with van der Waals surface area (Å²) in [6, 6.07) is 12.8. The van der Waals surface area contributed by atoms with Gasteiger partial charge in [0.05, 0.1) is 0 Å². The van der Waals surface area contributed by atoms with Crippen LogP contribution in [0.25, 0.3) is 11.1 Å². The first-order valence-corrected chi connectivity index (χ1v) is 6.25. The molecule has 2 aromatic rings. The molecule has 94 valence electrons. The number of para-hydroxylation sites is 2. The molecule has 2 N–H and O–H groups in total. The van der Waals surface area contributed by atoms with Crippen LogP contribution in [0.1, 0.15) is 31.7 Å². The molecule has 2 nitrogen and oxygen atoms in total. The molecule has 0 saturated carbocycles. The maximum atomic E-state index is 10.4. The van der Waals surface area contributed by atoms with Gasteiger partial charge in [0, 0.05) is 11.1 Å². The zero-order valence-electron chi connectivity index (χ0n) is 10.7. The van der Waals surface area contributed by atoms with E-state index in [9.17, 15) is 10.2 Å². The largest absolute Gasteiger partial charge is 0.507 e. The van der Waals surface area contributed by atoms with E-state index < -0.39 is 0 Å². The molecule has 1 unspecified atom stereocenters. The number of aromatic hydroxyl groups is 2. The summed E-state index contributed by atoms with van der Waals surface area (Å²) in [5.74, 6) is 0.762. The lowest BCUT2D eigenvalue weighted by atomic mass is 9.93. The minimum absolute atomic E-state index is 0.189. The van der Waals surface area contributed by atoms with Gasteiger partial charge < -0.3 is 10.2 Å². The second-order valence-electron chi connectivity index (χ2n) is 4.57. The molecule has 0 bridgehead atoms. The summed E-state index contributed by atoms with van der Waals surface area (Å²) in [4.78, 5) is 0. The molecule has 0 amide bonds. The van der Waals surface area contributed by atoms with E-state index in [1.54, 1.807) is 12.1 Å². The molecule has 1 atom stereocenters. The molecule has 0 aliphatic heterocycles. The van der Waals surface area contributed by atoms with Crippen molar-refractivity contribution in [2.75, 3.05) is 0 Å². The van der Waals surface area contributed by atoms with Crippen molar-refractivity contribution in [3.8, 4) is 22.6 Å². The van der Waals surface area contributed by atoms with Gasteiger partial charge in [0.15, 0.2) is 0 Å². The summed E-state index contributed by atoms with van der Waals surface area (Å²) >= 11 is 0. The van der Waals surface area contributed by atoms with Gasteiger partial charge in [0.25, 0.3) is 0 Å². The molecular weight excluding hydrogens is 224 g/mol. The van der Waals surface area contributed by atoms with E-state index in [4.69, 9.17) is 0 Å². The standard InChI is InChI=1S/C16H18O2/c1-3-11(2)12-8-6-9-14(16(12)18)13-7-4-5-10-15(13)17/h4-11,17-18H,3H2,1-2H3. The van der Waals surface area contributed by atoms with Crippen LogP contribution < -0.4 is 0 Å². The molecule has 18 heavy (non-hydrogen) atoms. The lowest BCUT2D eigenvalue weighted by Crippen LogP contribution is -1.93. The van der Waals surface area contributed by atoms with Gasteiger partial charge in [-0.3, -0.25) is 0 Å². The fourth-order valence-corrected chi connectivity index (χ4v) is 2.10. The summed E-state index contributed by atoms with van der Waals surface area (Å²) in [6.07, 6.45) is 0.970. The van der Waals surface area contributed by atoms with Gasteiger partial charge in [-0.1, -0.05) is 50.2 Å². The maximum absolute atomic E-state index is 10.4. The number of benzene rings is 2. The lowest BCUT2D eigenvalue weighted by Gasteiger charge is -2.15. The molecule has 0 spiro atoms. The van der Waals surface area contributed by atoms with Crippen molar-refractivity contribution >= 4 is 0 Å². The van der Waals surface area contributed by atoms with Crippen molar-refractivity contribution < 1.29 is 10.2 Å². The predicted octanol–water partition coefficient (Wildman–Crippen LogP) is 4.28. The third-order valence-corrected chi connectivity index (χ3v) is 3.40. The van der Waals surface area contributed by atoms with Gasteiger partial charge >= 0.3 is 0 Å². The Morgan fingerprint density at radius 1 is 0.944 bits per heavy atom. The van der Waals surface area contributed by atoms with Gasteiger partial charge in [-0.15, -0.1) is 0 Å². The van der Waals surface area contributed by atoms with Crippen LogP contribution in [-0.2, 0) is 0 Å². The van der Waals surface area contributed by atoms with Crippen molar-refractivity contribution in [2.24, 2.45) is 0 Å². The van der Waals surface area contributed by atoms with E-state index in [0.29, 0.717) is 17.0 Å². The molecule has 0 fully saturated rings. The molecule has 0 aliphatic rings. The second kappa shape index (κ2) is 5.13. The van der Waals surface area contributed by atoms with E-state index in [0.717, 1.165) is 12.0 Å². The number of rotatable bonds is 3. The fourth-order valence-electron chi connectivity index (χ4n) is 2.10. The summed E-state index contributed by atoms with van der Waals surface area (Å²) < 4.78 is 0. The Hall–Kier alpha value is -1.96. The van der Waals surface area contributed by atoms with Crippen LogP contribution in [-0.4, -0.2) is 10.2 Å². The third-order valence-electron chi connectivity index (χ3n) is 3.40. The van der Waals surface area contributed by atoms with E-state index in [1.807, 2.05) is 30.3 Å². The summed E-state index contributed by atoms with van der Waals surface area (Å²) in [6.45, 7) is 4.18. The van der Waals surface area contributed by atoms with Crippen LogP contribution in [0.15, 0.2) is 42.5 Å². The highest BCUT2D eigenvalue weighted by molar-refractivity contribution is 5.76. The first-order valence-electron chi connectivity index (χ1n) is 6.25. The minimum atomic E-state index is 0.189. The highest BCUT2D eigenvalue weighted by atomic mass is 16.3. The molecule has 0 radical (unpaired) electrons. The Bertz CT molecular complexity index is 547. The monoisotopic (exact) mass is 242 g/mol. The summed E-state index contributed by atoms with van der Waals surface area (Å²) in [5.41, 5.74) is 2.28. The van der Waals surface area contributed by atoms with Crippen LogP contribution >= 0.6 is 0 Å². The van der Waals surface area contributed by atoms with Crippen LogP contribution in [0.2, 0.25) is 0 Å². The number of hydrogen-bond acceptors (Lipinski definition) is 2. The van der Waals surface area contributed by atoms with Crippen molar-refractivity contribution in [3.63, 3.8) is 0 Å². The first kappa shape index (κ1) is 12.5. The second-order valence-corrected chi connectivity index (χ2v) is 4.57. The van der Waals surface area contributed by atoms with E-state index in [2.05, 4.69) is 13.8 Å². The van der Waals surface area contributed by atoms with Crippen molar-refractivity contribution in [1.29, 1.82) is 0 Å². The molecule has 0 aromatic heterocycles. The SMILES string of the molecule is CCC(C)c1cccc(-c2ccccc2O)c1O. The lowest BCUT2D eigenvalue weighted by molar-refractivity contribution is 0.460. The number of phenolic OH excluding ortho intramolecular Hbond substituents is 2. The summed E-state index contributed by atoms with van der Waals surface area (Å²) in [7, 11) is 0. The topological polar surface area (TPSA) is 40.5 Å². The molecule has 0 saturated heterocycles. The third kappa shape index (κ3) is 2.19. The maximum Gasteiger partial charge on any atom is 0.126 e. The number of hydrogen-bond donors (Lipinski definition) is 2. The average Bonchev–Trinajstić information content (AvgIpc) is 2.39. The normalized spacial score (nSPS) is 12.3. The first-order chi connectivity index (χ1) is 8.65. The van der Waals surface area contributed by atoms with E-state index in [-0.39, 0.29) is 11.5 Å². The Kier molecular flexibility index (Phi) is 3.56. The Morgan fingerprint density at radius 3 is 2.28 bits per heavy atom. The molecular formula is C16H18O2. The van der Waals surface area contributed by atoms with Crippen molar-refractivity contribution in [1.82, 2.24) is 0 Å². The zero-order chi connectivity index (χ0) is 13.1. The smallest absolute Gasteiger partial charge is 0.126 e. The van der Waals surface area contributed by atoms with Crippen LogP contribution in [0.4, 0.5) is 0 Å². The number of phenols is 2. The Labute approximate surface area is 108 Å². The zero-order valence-corrected chi connectivity index (χ0v) is 10.7. The van der Waals surface area contributed by atoms with Crippen molar-refractivity contribution in [3.05, 3.63) is 48.0 Å². The van der Waals surface area contributed by atoms with Crippen LogP contribution in [0.5, 0.6) is 11.5 Å². The van der Waals surface area contributed by atoms with Crippen LogP contribution in [0.3, 0.4) is 0 Å². The Balaban J connectivity index is 2.56. The highest BCUT2D eigenvalue weighted by Crippen LogP contribution is 2.39.